The fraction of sp³-hybridized carbons (Fsp3) is 0.250. The van der Waals surface area contributed by atoms with Crippen LogP contribution in [0.15, 0.2) is 47.4 Å². The van der Waals surface area contributed by atoms with Gasteiger partial charge in [-0.15, -0.1) is 0 Å². The van der Waals surface area contributed by atoms with Crippen LogP contribution in [0.25, 0.3) is 6.08 Å². The topological polar surface area (TPSA) is 111 Å². The van der Waals surface area contributed by atoms with Crippen molar-refractivity contribution in [1.29, 1.82) is 0 Å². The van der Waals surface area contributed by atoms with E-state index in [-0.39, 0.29) is 17.4 Å². The predicted octanol–water partition coefficient (Wildman–Crippen LogP) is 3.62. The SMILES string of the molecule is COC(=O)C(C)N1C(=O)SC(=Cc2ccc(OCC(=O)Nc3ccc(C)cc3)c(OC)c2)C1=O. The third-order valence-electron chi connectivity index (χ3n) is 4.93. The first kappa shape index (κ1) is 24.8. The van der Waals surface area contributed by atoms with Crippen LogP contribution in [0.2, 0.25) is 0 Å². The van der Waals surface area contributed by atoms with Crippen LogP contribution in [-0.2, 0) is 19.1 Å². The smallest absolute Gasteiger partial charge is 0.328 e. The van der Waals surface area contributed by atoms with E-state index in [2.05, 4.69) is 10.1 Å². The van der Waals surface area contributed by atoms with Crippen LogP contribution in [0.5, 0.6) is 11.5 Å². The Kier molecular flexibility index (Phi) is 7.95. The molecule has 1 atom stereocenters. The molecular formula is C24H24N2O7S. The van der Waals surface area contributed by atoms with E-state index in [9.17, 15) is 19.2 Å². The average Bonchev–Trinajstić information content (AvgIpc) is 3.10. The highest BCUT2D eigenvalue weighted by molar-refractivity contribution is 8.18. The highest BCUT2D eigenvalue weighted by Gasteiger charge is 2.41. The molecule has 3 rings (SSSR count). The molecule has 1 heterocycles. The van der Waals surface area contributed by atoms with Crippen molar-refractivity contribution >= 4 is 46.5 Å². The van der Waals surface area contributed by atoms with Gasteiger partial charge in [0, 0.05) is 5.69 Å². The van der Waals surface area contributed by atoms with Crippen LogP contribution in [0.4, 0.5) is 10.5 Å². The zero-order chi connectivity index (χ0) is 24.8. The Hall–Kier alpha value is -3.79. The Balaban J connectivity index is 1.68. The molecule has 0 aliphatic carbocycles. The number of benzene rings is 2. The van der Waals surface area contributed by atoms with E-state index in [4.69, 9.17) is 9.47 Å². The summed E-state index contributed by atoms with van der Waals surface area (Å²) in [6.45, 7) is 3.15. The van der Waals surface area contributed by atoms with Gasteiger partial charge in [0.2, 0.25) is 0 Å². The zero-order valence-corrected chi connectivity index (χ0v) is 19.9. The van der Waals surface area contributed by atoms with Crippen molar-refractivity contribution in [2.75, 3.05) is 26.1 Å². The number of carbonyl (C=O) groups is 4. The van der Waals surface area contributed by atoms with Crippen LogP contribution in [0, 0.1) is 6.92 Å². The van der Waals surface area contributed by atoms with Crippen LogP contribution >= 0.6 is 11.8 Å². The quantitative estimate of drug-likeness (QED) is 0.447. The van der Waals surface area contributed by atoms with Crippen LogP contribution in [-0.4, -0.2) is 54.8 Å². The predicted molar refractivity (Wildman–Crippen MR) is 128 cm³/mol. The molecule has 34 heavy (non-hydrogen) atoms. The van der Waals surface area contributed by atoms with E-state index in [1.54, 1.807) is 30.3 Å². The summed E-state index contributed by atoms with van der Waals surface area (Å²) in [5.41, 5.74) is 2.32. The van der Waals surface area contributed by atoms with Crippen molar-refractivity contribution < 1.29 is 33.4 Å². The number of hydrogen-bond donors (Lipinski definition) is 1. The van der Waals surface area contributed by atoms with Gasteiger partial charge in [0.05, 0.1) is 19.1 Å². The molecule has 1 N–H and O–H groups in total. The fourth-order valence-corrected chi connectivity index (χ4v) is 4.02. The number of carbonyl (C=O) groups excluding carboxylic acids is 4. The van der Waals surface area contributed by atoms with Gasteiger partial charge in [0.1, 0.15) is 6.04 Å². The summed E-state index contributed by atoms with van der Waals surface area (Å²) in [7, 11) is 2.64. The first-order valence-corrected chi connectivity index (χ1v) is 11.1. The minimum atomic E-state index is -1.03. The minimum Gasteiger partial charge on any atom is -0.493 e. The summed E-state index contributed by atoms with van der Waals surface area (Å²) in [6.07, 6.45) is 1.52. The summed E-state index contributed by atoms with van der Waals surface area (Å²) in [5.74, 6) is -0.911. The Bertz CT molecular complexity index is 1140. The number of anilines is 1. The Labute approximate surface area is 201 Å². The number of thioether (sulfide) groups is 1. The van der Waals surface area contributed by atoms with Gasteiger partial charge in [-0.2, -0.15) is 0 Å². The number of imide groups is 1. The lowest BCUT2D eigenvalue weighted by molar-refractivity contribution is -0.148. The number of nitrogens with zero attached hydrogens (tertiary/aromatic N) is 1. The van der Waals surface area contributed by atoms with Gasteiger partial charge in [-0.3, -0.25) is 19.3 Å². The van der Waals surface area contributed by atoms with Gasteiger partial charge in [-0.1, -0.05) is 23.8 Å². The van der Waals surface area contributed by atoms with Crippen LogP contribution in [0.3, 0.4) is 0 Å². The number of nitrogens with one attached hydrogen (secondary N) is 1. The second-order valence-electron chi connectivity index (χ2n) is 7.36. The molecule has 0 spiro atoms. The number of amides is 3. The van der Waals surface area contributed by atoms with Gasteiger partial charge >= 0.3 is 5.97 Å². The molecule has 0 bridgehead atoms. The van der Waals surface area contributed by atoms with Gasteiger partial charge in [-0.25, -0.2) is 4.79 Å². The summed E-state index contributed by atoms with van der Waals surface area (Å²) in [5, 5.41) is 2.19. The summed E-state index contributed by atoms with van der Waals surface area (Å²) < 4.78 is 15.6. The van der Waals surface area contributed by atoms with E-state index < -0.39 is 23.2 Å². The summed E-state index contributed by atoms with van der Waals surface area (Å²) >= 11 is 0.732. The molecule has 1 unspecified atom stereocenters. The van der Waals surface area contributed by atoms with Gasteiger partial charge < -0.3 is 19.5 Å². The maximum Gasteiger partial charge on any atom is 0.328 e. The molecule has 1 saturated heterocycles. The third kappa shape index (κ3) is 5.76. The number of methoxy groups -OCH3 is 2. The van der Waals surface area contributed by atoms with E-state index in [0.717, 1.165) is 22.2 Å². The number of hydrogen-bond acceptors (Lipinski definition) is 8. The highest BCUT2D eigenvalue weighted by atomic mass is 32.2. The molecule has 3 amide bonds. The van der Waals surface area contributed by atoms with Gasteiger partial charge in [0.25, 0.3) is 17.1 Å². The Morgan fingerprint density at radius 2 is 1.79 bits per heavy atom. The van der Waals surface area contributed by atoms with Gasteiger partial charge in [0.15, 0.2) is 18.1 Å². The first-order chi connectivity index (χ1) is 16.2. The lowest BCUT2D eigenvalue weighted by atomic mass is 10.1. The molecule has 10 heteroatoms. The molecule has 1 aliphatic rings. The van der Waals surface area contributed by atoms with Crippen molar-refractivity contribution in [2.45, 2.75) is 19.9 Å². The molecule has 2 aromatic rings. The second kappa shape index (κ2) is 10.9. The summed E-state index contributed by atoms with van der Waals surface area (Å²) in [4.78, 5) is 49.9. The van der Waals surface area contributed by atoms with E-state index in [1.165, 1.54) is 27.2 Å². The largest absolute Gasteiger partial charge is 0.493 e. The molecule has 9 nitrogen and oxygen atoms in total. The van der Waals surface area contributed by atoms with Crippen molar-refractivity contribution in [2.24, 2.45) is 0 Å². The van der Waals surface area contributed by atoms with Crippen molar-refractivity contribution in [3.05, 3.63) is 58.5 Å². The number of rotatable bonds is 8. The maximum atomic E-state index is 12.7. The molecule has 0 radical (unpaired) electrons. The normalized spacial score (nSPS) is 15.3. The van der Waals surface area contributed by atoms with E-state index in [0.29, 0.717) is 22.7 Å². The Morgan fingerprint density at radius 3 is 2.44 bits per heavy atom. The number of ether oxygens (including phenoxy) is 3. The molecule has 0 aromatic heterocycles. The maximum absolute atomic E-state index is 12.7. The number of esters is 1. The van der Waals surface area contributed by atoms with Gasteiger partial charge in [-0.05, 0) is 61.5 Å². The highest BCUT2D eigenvalue weighted by Crippen LogP contribution is 2.35. The molecule has 0 saturated carbocycles. The number of aryl methyl sites for hydroxylation is 1. The second-order valence-corrected chi connectivity index (χ2v) is 8.36. The standard InChI is InChI=1S/C24H24N2O7S/c1-14-5-8-17(9-6-14)25-21(27)13-33-18-10-7-16(11-19(18)31-3)12-20-22(28)26(24(30)34-20)15(2)23(29)32-4/h5-12,15H,13H2,1-4H3,(H,25,27). The van der Waals surface area contributed by atoms with Crippen LogP contribution in [0.1, 0.15) is 18.1 Å². The minimum absolute atomic E-state index is 0.161. The monoisotopic (exact) mass is 484 g/mol. The third-order valence-corrected chi connectivity index (χ3v) is 5.82. The van der Waals surface area contributed by atoms with Crippen molar-refractivity contribution in [3.63, 3.8) is 0 Å². The summed E-state index contributed by atoms with van der Waals surface area (Å²) in [6, 6.07) is 11.2. The fourth-order valence-electron chi connectivity index (χ4n) is 3.11. The zero-order valence-electron chi connectivity index (χ0n) is 19.1. The lowest BCUT2D eigenvalue weighted by Crippen LogP contribution is -2.42. The van der Waals surface area contributed by atoms with Crippen molar-refractivity contribution in [3.8, 4) is 11.5 Å². The van der Waals surface area contributed by atoms with E-state index >= 15 is 0 Å². The first-order valence-electron chi connectivity index (χ1n) is 10.3. The van der Waals surface area contributed by atoms with Crippen molar-refractivity contribution in [1.82, 2.24) is 4.90 Å². The molecule has 178 valence electrons. The molecular weight excluding hydrogens is 460 g/mol. The average molecular weight is 485 g/mol. The molecule has 1 aliphatic heterocycles. The van der Waals surface area contributed by atoms with E-state index in [1.807, 2.05) is 19.1 Å². The molecule has 1 fully saturated rings. The lowest BCUT2D eigenvalue weighted by Gasteiger charge is -2.18. The Morgan fingerprint density at radius 1 is 1.09 bits per heavy atom. The van der Waals surface area contributed by atoms with Crippen LogP contribution < -0.4 is 14.8 Å². The molecule has 2 aromatic carbocycles.